The zero-order valence-corrected chi connectivity index (χ0v) is 12.3. The normalized spacial score (nSPS) is 11.9. The molecule has 0 fully saturated rings. The lowest BCUT2D eigenvalue weighted by atomic mass is 10.2. The summed E-state index contributed by atoms with van der Waals surface area (Å²) in [6.07, 6.45) is 1.59. The van der Waals surface area contributed by atoms with Crippen LogP contribution in [0.15, 0.2) is 47.1 Å². The molecule has 0 radical (unpaired) electrons. The van der Waals surface area contributed by atoms with Crippen LogP contribution in [0, 0.1) is 0 Å². The molecule has 0 spiro atoms. The predicted molar refractivity (Wildman–Crippen MR) is 80.0 cm³/mol. The Bertz CT molecular complexity index is 567. The molecule has 1 amide bonds. The largest absolute Gasteiger partial charge is 0.484 e. The lowest BCUT2D eigenvalue weighted by Gasteiger charge is -2.12. The van der Waals surface area contributed by atoms with E-state index in [1.165, 1.54) is 0 Å². The number of furan rings is 1. The second-order valence-corrected chi connectivity index (χ2v) is 4.77. The van der Waals surface area contributed by atoms with Gasteiger partial charge in [0, 0.05) is 6.54 Å². The number of benzene rings is 1. The third-order valence-corrected chi connectivity index (χ3v) is 3.00. The topological polar surface area (TPSA) is 63.5 Å². The van der Waals surface area contributed by atoms with Crippen LogP contribution < -0.4 is 15.4 Å². The fraction of sp³-hybridized carbons (Fsp3) is 0.312. The predicted octanol–water partition coefficient (Wildman–Crippen LogP) is 2.26. The molecule has 21 heavy (non-hydrogen) atoms. The van der Waals surface area contributed by atoms with Gasteiger partial charge < -0.3 is 19.8 Å². The Labute approximate surface area is 124 Å². The van der Waals surface area contributed by atoms with Crippen LogP contribution in [0.5, 0.6) is 5.75 Å². The lowest BCUT2D eigenvalue weighted by Crippen LogP contribution is -2.31. The molecule has 1 aromatic carbocycles. The molecule has 1 heterocycles. The molecule has 0 bridgehead atoms. The number of nitrogens with one attached hydrogen (secondary N) is 2. The van der Waals surface area contributed by atoms with Crippen LogP contribution in [0.2, 0.25) is 0 Å². The number of hydrogen-bond donors (Lipinski definition) is 2. The van der Waals surface area contributed by atoms with E-state index in [0.29, 0.717) is 5.75 Å². The fourth-order valence-electron chi connectivity index (χ4n) is 1.99. The van der Waals surface area contributed by atoms with Gasteiger partial charge in [-0.2, -0.15) is 0 Å². The van der Waals surface area contributed by atoms with E-state index in [-0.39, 0.29) is 18.6 Å². The Morgan fingerprint density at radius 2 is 2.19 bits per heavy atom. The summed E-state index contributed by atoms with van der Waals surface area (Å²) in [5, 5.41) is 5.89. The Morgan fingerprint density at radius 1 is 1.33 bits per heavy atom. The first-order valence-electron chi connectivity index (χ1n) is 6.88. The van der Waals surface area contributed by atoms with Crippen LogP contribution in [0.4, 0.5) is 0 Å². The van der Waals surface area contributed by atoms with E-state index in [0.717, 1.165) is 17.9 Å². The van der Waals surface area contributed by atoms with E-state index in [2.05, 4.69) is 10.6 Å². The Kier molecular flexibility index (Phi) is 5.40. The number of rotatable bonds is 7. The molecular weight excluding hydrogens is 268 g/mol. The molecule has 0 aliphatic carbocycles. The maximum atomic E-state index is 11.8. The van der Waals surface area contributed by atoms with E-state index >= 15 is 0 Å². The Hall–Kier alpha value is -2.27. The molecule has 5 nitrogen and oxygen atoms in total. The van der Waals surface area contributed by atoms with Crippen molar-refractivity contribution in [1.29, 1.82) is 0 Å². The maximum absolute atomic E-state index is 11.8. The second-order valence-electron chi connectivity index (χ2n) is 4.77. The zero-order chi connectivity index (χ0) is 15.1. The first kappa shape index (κ1) is 15.1. The maximum Gasteiger partial charge on any atom is 0.258 e. The van der Waals surface area contributed by atoms with E-state index in [4.69, 9.17) is 9.15 Å². The van der Waals surface area contributed by atoms with Gasteiger partial charge in [0.25, 0.3) is 5.91 Å². The monoisotopic (exact) mass is 288 g/mol. The van der Waals surface area contributed by atoms with Crippen LogP contribution in [-0.4, -0.2) is 19.6 Å². The molecule has 0 aliphatic rings. The highest BCUT2D eigenvalue weighted by molar-refractivity contribution is 5.77. The van der Waals surface area contributed by atoms with Crippen molar-refractivity contribution in [2.45, 2.75) is 19.5 Å². The van der Waals surface area contributed by atoms with Gasteiger partial charge in [-0.1, -0.05) is 12.1 Å². The van der Waals surface area contributed by atoms with Crippen molar-refractivity contribution in [2.24, 2.45) is 0 Å². The third kappa shape index (κ3) is 4.65. The standard InChI is InChI=1S/C16H20N2O3/c1-12(15-7-4-8-20-15)18-16(19)11-21-14-6-3-5-13(9-14)10-17-2/h3-9,12,17H,10-11H2,1-2H3,(H,18,19). The summed E-state index contributed by atoms with van der Waals surface area (Å²) in [4.78, 5) is 11.8. The Morgan fingerprint density at radius 3 is 2.90 bits per heavy atom. The van der Waals surface area contributed by atoms with Crippen LogP contribution in [-0.2, 0) is 11.3 Å². The van der Waals surface area contributed by atoms with E-state index in [1.54, 1.807) is 12.3 Å². The molecule has 5 heteroatoms. The summed E-state index contributed by atoms with van der Waals surface area (Å²) >= 11 is 0. The number of ether oxygens (including phenoxy) is 1. The molecule has 112 valence electrons. The van der Waals surface area contributed by atoms with E-state index < -0.39 is 0 Å². The van der Waals surface area contributed by atoms with Crippen LogP contribution in [0.25, 0.3) is 0 Å². The van der Waals surface area contributed by atoms with Gasteiger partial charge in [-0.25, -0.2) is 0 Å². The summed E-state index contributed by atoms with van der Waals surface area (Å²) < 4.78 is 10.7. The molecule has 2 N–H and O–H groups in total. The summed E-state index contributed by atoms with van der Waals surface area (Å²) in [6, 6.07) is 11.1. The fourth-order valence-corrected chi connectivity index (χ4v) is 1.99. The van der Waals surface area contributed by atoms with Crippen LogP contribution in [0.3, 0.4) is 0 Å². The second kappa shape index (κ2) is 7.50. The molecule has 2 aromatic rings. The first-order valence-corrected chi connectivity index (χ1v) is 6.88. The number of amides is 1. The summed E-state index contributed by atoms with van der Waals surface area (Å²) in [7, 11) is 1.89. The third-order valence-electron chi connectivity index (χ3n) is 3.00. The Balaban J connectivity index is 1.82. The first-order chi connectivity index (χ1) is 10.2. The average molecular weight is 288 g/mol. The molecule has 0 aliphatic heterocycles. The van der Waals surface area contributed by atoms with Crippen molar-refractivity contribution >= 4 is 5.91 Å². The lowest BCUT2D eigenvalue weighted by molar-refractivity contribution is -0.123. The minimum absolute atomic E-state index is 0.0198. The van der Waals surface area contributed by atoms with Gasteiger partial charge in [0.05, 0.1) is 12.3 Å². The van der Waals surface area contributed by atoms with Gasteiger partial charge in [-0.15, -0.1) is 0 Å². The van der Waals surface area contributed by atoms with Crippen molar-refractivity contribution in [2.75, 3.05) is 13.7 Å². The minimum Gasteiger partial charge on any atom is -0.484 e. The van der Waals surface area contributed by atoms with Crippen LogP contribution >= 0.6 is 0 Å². The van der Waals surface area contributed by atoms with Gasteiger partial charge in [0.2, 0.25) is 0 Å². The summed E-state index contributed by atoms with van der Waals surface area (Å²) in [6.45, 7) is 2.61. The number of hydrogen-bond acceptors (Lipinski definition) is 4. The van der Waals surface area contributed by atoms with E-state index in [1.807, 2.05) is 44.3 Å². The molecule has 0 saturated carbocycles. The molecule has 0 saturated heterocycles. The average Bonchev–Trinajstić information content (AvgIpc) is 3.00. The van der Waals surface area contributed by atoms with Gasteiger partial charge >= 0.3 is 0 Å². The van der Waals surface area contributed by atoms with Crippen LogP contribution in [0.1, 0.15) is 24.3 Å². The van der Waals surface area contributed by atoms with Gasteiger partial charge in [0.15, 0.2) is 6.61 Å². The molecular formula is C16H20N2O3. The highest BCUT2D eigenvalue weighted by Crippen LogP contribution is 2.14. The van der Waals surface area contributed by atoms with E-state index in [9.17, 15) is 4.79 Å². The molecule has 1 unspecified atom stereocenters. The SMILES string of the molecule is CNCc1cccc(OCC(=O)NC(C)c2ccco2)c1. The smallest absolute Gasteiger partial charge is 0.258 e. The molecule has 2 rings (SSSR count). The minimum atomic E-state index is -0.182. The van der Waals surface area contributed by atoms with Crippen molar-refractivity contribution < 1.29 is 13.9 Å². The highest BCUT2D eigenvalue weighted by atomic mass is 16.5. The van der Waals surface area contributed by atoms with Gasteiger partial charge in [-0.05, 0) is 43.8 Å². The quantitative estimate of drug-likeness (QED) is 0.820. The van der Waals surface area contributed by atoms with Crippen molar-refractivity contribution in [3.8, 4) is 5.75 Å². The zero-order valence-electron chi connectivity index (χ0n) is 12.3. The van der Waals surface area contributed by atoms with Crippen molar-refractivity contribution in [3.05, 3.63) is 54.0 Å². The van der Waals surface area contributed by atoms with Crippen molar-refractivity contribution in [1.82, 2.24) is 10.6 Å². The highest BCUT2D eigenvalue weighted by Gasteiger charge is 2.12. The number of carbonyl (C=O) groups is 1. The molecule has 1 aromatic heterocycles. The summed E-state index contributed by atoms with van der Waals surface area (Å²) in [5.74, 6) is 1.22. The van der Waals surface area contributed by atoms with Gasteiger partial charge in [0.1, 0.15) is 11.5 Å². The molecule has 1 atom stereocenters. The number of carbonyl (C=O) groups excluding carboxylic acids is 1. The van der Waals surface area contributed by atoms with Gasteiger partial charge in [-0.3, -0.25) is 4.79 Å². The summed E-state index contributed by atoms with van der Waals surface area (Å²) in [5.41, 5.74) is 1.11. The van der Waals surface area contributed by atoms with Crippen molar-refractivity contribution in [3.63, 3.8) is 0 Å².